The van der Waals surface area contributed by atoms with Crippen molar-refractivity contribution >= 4 is 23.7 Å². The van der Waals surface area contributed by atoms with E-state index in [-0.39, 0.29) is 0 Å². The van der Waals surface area contributed by atoms with Crippen LogP contribution in [0.5, 0.6) is 0 Å². The van der Waals surface area contributed by atoms with Crippen molar-refractivity contribution in [3.05, 3.63) is 0 Å². The van der Waals surface area contributed by atoms with E-state index in [0.717, 1.165) is 0 Å². The number of hydrazine groups is 1. The Kier molecular flexibility index (Phi) is 9.66. The van der Waals surface area contributed by atoms with Crippen molar-refractivity contribution in [1.29, 1.82) is 0 Å². The van der Waals surface area contributed by atoms with Crippen molar-refractivity contribution in [2.24, 2.45) is 5.73 Å². The fourth-order valence-electron chi connectivity index (χ4n) is 1.27. The third kappa shape index (κ3) is 7.49. The summed E-state index contributed by atoms with van der Waals surface area (Å²) in [4.78, 5) is 21.8. The number of thioether (sulfide) groups is 1. The van der Waals surface area contributed by atoms with Crippen molar-refractivity contribution < 1.29 is 19.8 Å². The lowest BCUT2D eigenvalue weighted by Crippen LogP contribution is -2.52. The van der Waals surface area contributed by atoms with Gasteiger partial charge in [0.1, 0.15) is 12.1 Å². The Balaban J connectivity index is 4.18. The third-order valence-electron chi connectivity index (χ3n) is 2.34. The highest BCUT2D eigenvalue weighted by molar-refractivity contribution is 7.98. The molecule has 18 heavy (non-hydrogen) atoms. The van der Waals surface area contributed by atoms with E-state index >= 15 is 0 Å². The second-order valence-electron chi connectivity index (χ2n) is 3.78. The Morgan fingerprint density at radius 2 is 1.67 bits per heavy atom. The molecular formula is C10H21N3O4S. The summed E-state index contributed by atoms with van der Waals surface area (Å²) in [5.74, 6) is -1.34. The molecule has 8 heteroatoms. The first-order chi connectivity index (χ1) is 8.52. The Hall–Kier alpha value is -0.830. The molecule has 0 amide bonds. The number of nitrogens with one attached hydrogen (secondary N) is 2. The summed E-state index contributed by atoms with van der Waals surface area (Å²) in [6.07, 6.45) is 3.22. The normalized spacial score (nSPS) is 14.1. The fourth-order valence-corrected chi connectivity index (χ4v) is 1.75. The van der Waals surface area contributed by atoms with Gasteiger partial charge >= 0.3 is 11.9 Å². The SMILES string of the molecule is CSCC[C@H](NN[C@@H](CCCN)C(=O)O)C(=O)O. The van der Waals surface area contributed by atoms with Crippen LogP contribution in [-0.4, -0.2) is 52.8 Å². The summed E-state index contributed by atoms with van der Waals surface area (Å²) < 4.78 is 0. The van der Waals surface area contributed by atoms with Crippen molar-refractivity contribution in [2.75, 3.05) is 18.6 Å². The smallest absolute Gasteiger partial charge is 0.322 e. The van der Waals surface area contributed by atoms with Crippen LogP contribution in [0.4, 0.5) is 0 Å². The number of aliphatic carboxylic acids is 2. The lowest BCUT2D eigenvalue weighted by Gasteiger charge is -2.19. The van der Waals surface area contributed by atoms with E-state index < -0.39 is 24.0 Å². The van der Waals surface area contributed by atoms with Gasteiger partial charge in [0.2, 0.25) is 0 Å². The van der Waals surface area contributed by atoms with Crippen LogP contribution >= 0.6 is 11.8 Å². The van der Waals surface area contributed by atoms with Gasteiger partial charge in [-0.2, -0.15) is 11.8 Å². The molecule has 0 unspecified atom stereocenters. The van der Waals surface area contributed by atoms with Crippen LogP contribution in [0.3, 0.4) is 0 Å². The van der Waals surface area contributed by atoms with Crippen LogP contribution in [0.15, 0.2) is 0 Å². The summed E-state index contributed by atoms with van der Waals surface area (Å²) >= 11 is 1.54. The molecule has 2 atom stereocenters. The van der Waals surface area contributed by atoms with E-state index in [9.17, 15) is 9.59 Å². The van der Waals surface area contributed by atoms with Crippen molar-refractivity contribution in [3.8, 4) is 0 Å². The molecular weight excluding hydrogens is 258 g/mol. The zero-order valence-corrected chi connectivity index (χ0v) is 11.2. The second-order valence-corrected chi connectivity index (χ2v) is 4.77. The second kappa shape index (κ2) is 10.1. The van der Waals surface area contributed by atoms with Crippen LogP contribution in [-0.2, 0) is 9.59 Å². The minimum absolute atomic E-state index is 0.355. The first kappa shape index (κ1) is 17.2. The van der Waals surface area contributed by atoms with E-state index in [0.29, 0.717) is 31.6 Å². The van der Waals surface area contributed by atoms with Crippen LogP contribution in [0.1, 0.15) is 19.3 Å². The van der Waals surface area contributed by atoms with E-state index in [4.69, 9.17) is 15.9 Å². The third-order valence-corrected chi connectivity index (χ3v) is 2.98. The van der Waals surface area contributed by atoms with E-state index in [1.807, 2.05) is 6.26 Å². The number of hydrogen-bond donors (Lipinski definition) is 5. The van der Waals surface area contributed by atoms with Gasteiger partial charge in [-0.1, -0.05) is 0 Å². The molecule has 0 fully saturated rings. The largest absolute Gasteiger partial charge is 0.480 e. The average molecular weight is 279 g/mol. The molecule has 0 saturated carbocycles. The molecule has 0 rings (SSSR count). The molecule has 0 radical (unpaired) electrons. The van der Waals surface area contributed by atoms with Gasteiger partial charge in [0, 0.05) is 0 Å². The lowest BCUT2D eigenvalue weighted by molar-refractivity contribution is -0.143. The van der Waals surface area contributed by atoms with Crippen LogP contribution in [0.25, 0.3) is 0 Å². The number of nitrogens with two attached hydrogens (primary N) is 1. The quantitative estimate of drug-likeness (QED) is 0.320. The maximum atomic E-state index is 10.9. The summed E-state index contributed by atoms with van der Waals surface area (Å²) in [7, 11) is 0. The molecule has 0 aliphatic carbocycles. The molecule has 0 aliphatic heterocycles. The fraction of sp³-hybridized carbons (Fsp3) is 0.800. The maximum Gasteiger partial charge on any atom is 0.322 e. The highest BCUT2D eigenvalue weighted by atomic mass is 32.2. The van der Waals surface area contributed by atoms with Gasteiger partial charge < -0.3 is 15.9 Å². The summed E-state index contributed by atoms with van der Waals surface area (Å²) in [5, 5.41) is 17.9. The van der Waals surface area contributed by atoms with Gasteiger partial charge in [-0.3, -0.25) is 9.59 Å². The Morgan fingerprint density at radius 3 is 2.06 bits per heavy atom. The minimum Gasteiger partial charge on any atom is -0.480 e. The van der Waals surface area contributed by atoms with Gasteiger partial charge in [-0.05, 0) is 37.8 Å². The molecule has 7 nitrogen and oxygen atoms in total. The molecule has 0 aromatic carbocycles. The Bertz CT molecular complexity index is 240. The number of rotatable bonds is 11. The summed E-state index contributed by atoms with van der Waals surface area (Å²) in [6, 6.07) is -1.62. The Morgan fingerprint density at radius 1 is 1.17 bits per heavy atom. The zero-order valence-electron chi connectivity index (χ0n) is 10.4. The van der Waals surface area contributed by atoms with E-state index in [2.05, 4.69) is 10.9 Å². The monoisotopic (exact) mass is 279 g/mol. The first-order valence-electron chi connectivity index (χ1n) is 5.68. The molecule has 0 spiro atoms. The van der Waals surface area contributed by atoms with Gasteiger partial charge in [0.25, 0.3) is 0 Å². The molecule has 0 heterocycles. The van der Waals surface area contributed by atoms with Gasteiger partial charge in [0.15, 0.2) is 0 Å². The van der Waals surface area contributed by atoms with E-state index in [1.165, 1.54) is 11.8 Å². The standard InChI is InChI=1S/C10H21N3O4S/c1-18-6-4-8(10(16)17)13-12-7(9(14)15)3-2-5-11/h7-8,12-13H,2-6,11H2,1H3,(H,14,15)(H,16,17)/t7-,8-/m0/s1. The molecule has 0 saturated heterocycles. The van der Waals surface area contributed by atoms with Crippen molar-refractivity contribution in [1.82, 2.24) is 10.9 Å². The summed E-state index contributed by atoms with van der Waals surface area (Å²) in [5.41, 5.74) is 10.4. The van der Waals surface area contributed by atoms with Gasteiger partial charge in [-0.15, -0.1) is 0 Å². The molecule has 0 bridgehead atoms. The average Bonchev–Trinajstić information content (AvgIpc) is 2.31. The van der Waals surface area contributed by atoms with Crippen molar-refractivity contribution in [2.45, 2.75) is 31.3 Å². The van der Waals surface area contributed by atoms with E-state index in [1.54, 1.807) is 0 Å². The first-order valence-corrected chi connectivity index (χ1v) is 7.08. The maximum absolute atomic E-state index is 10.9. The lowest BCUT2D eigenvalue weighted by atomic mass is 10.1. The molecule has 106 valence electrons. The topological polar surface area (TPSA) is 125 Å². The Labute approximate surface area is 110 Å². The predicted octanol–water partition coefficient (Wildman–Crippen LogP) is -0.521. The van der Waals surface area contributed by atoms with Gasteiger partial charge in [-0.25, -0.2) is 10.9 Å². The molecule has 0 aromatic heterocycles. The highest BCUT2D eigenvalue weighted by Gasteiger charge is 2.21. The number of carbonyl (C=O) groups is 2. The predicted molar refractivity (Wildman–Crippen MR) is 70.4 cm³/mol. The minimum atomic E-state index is -1.02. The zero-order chi connectivity index (χ0) is 14.0. The van der Waals surface area contributed by atoms with Crippen LogP contribution in [0.2, 0.25) is 0 Å². The number of hydrogen-bond acceptors (Lipinski definition) is 6. The molecule has 0 aromatic rings. The van der Waals surface area contributed by atoms with Crippen molar-refractivity contribution in [3.63, 3.8) is 0 Å². The van der Waals surface area contributed by atoms with Crippen LogP contribution in [0, 0.1) is 0 Å². The summed E-state index contributed by atoms with van der Waals surface area (Å²) in [6.45, 7) is 0.403. The van der Waals surface area contributed by atoms with Gasteiger partial charge in [0.05, 0.1) is 0 Å². The highest BCUT2D eigenvalue weighted by Crippen LogP contribution is 2.01. The molecule has 0 aliphatic rings. The number of carboxylic acids is 2. The van der Waals surface area contributed by atoms with Crippen LogP contribution < -0.4 is 16.6 Å². The number of carboxylic acid groups (broad SMARTS) is 2. The molecule has 6 N–H and O–H groups in total.